The van der Waals surface area contributed by atoms with E-state index in [0.717, 1.165) is 11.3 Å². The van der Waals surface area contributed by atoms with Crippen LogP contribution in [0.4, 0.5) is 0 Å². The number of hydrogen-bond acceptors (Lipinski definition) is 5. The summed E-state index contributed by atoms with van der Waals surface area (Å²) in [6.07, 6.45) is 0. The number of rotatable bonds is 7. The molecule has 0 unspecified atom stereocenters. The van der Waals surface area contributed by atoms with Crippen molar-refractivity contribution in [1.82, 2.24) is 9.62 Å². The Bertz CT molecular complexity index is 969. The largest absolute Gasteiger partial charge is 0.494 e. The number of hydrogen-bond donors (Lipinski definition) is 1. The zero-order valence-corrected chi connectivity index (χ0v) is 17.5. The standard InChI is InChI=1S/C21H26N2O5S/c1-3-28-19-6-4-5-17(13-19)15-22-21(24)18-8-7-16(2)20(14-18)29(25,26)23-9-11-27-12-10-23/h4-8,13-14H,3,9-12,15H2,1-2H3,(H,22,24). The Morgan fingerprint density at radius 3 is 2.66 bits per heavy atom. The average Bonchev–Trinajstić information content (AvgIpc) is 2.73. The molecule has 1 saturated heterocycles. The lowest BCUT2D eigenvalue weighted by Gasteiger charge is -2.26. The minimum atomic E-state index is -3.67. The summed E-state index contributed by atoms with van der Waals surface area (Å²) in [5.74, 6) is 0.415. The zero-order chi connectivity index (χ0) is 20.9. The van der Waals surface area contributed by atoms with Crippen molar-refractivity contribution in [3.63, 3.8) is 0 Å². The van der Waals surface area contributed by atoms with E-state index >= 15 is 0 Å². The van der Waals surface area contributed by atoms with Crippen LogP contribution in [0.5, 0.6) is 5.75 Å². The summed E-state index contributed by atoms with van der Waals surface area (Å²) in [5, 5.41) is 2.84. The fraction of sp³-hybridized carbons (Fsp3) is 0.381. The minimum Gasteiger partial charge on any atom is -0.494 e. The summed E-state index contributed by atoms with van der Waals surface area (Å²) in [4.78, 5) is 12.8. The van der Waals surface area contributed by atoms with Crippen LogP contribution in [-0.2, 0) is 21.3 Å². The highest BCUT2D eigenvalue weighted by Crippen LogP contribution is 2.22. The van der Waals surface area contributed by atoms with Crippen molar-refractivity contribution >= 4 is 15.9 Å². The number of ether oxygens (including phenoxy) is 2. The van der Waals surface area contributed by atoms with E-state index in [1.54, 1.807) is 19.1 Å². The van der Waals surface area contributed by atoms with Gasteiger partial charge in [0.1, 0.15) is 5.75 Å². The van der Waals surface area contributed by atoms with Gasteiger partial charge in [-0.3, -0.25) is 4.79 Å². The zero-order valence-electron chi connectivity index (χ0n) is 16.7. The molecule has 0 aliphatic carbocycles. The molecule has 1 aliphatic rings. The Labute approximate surface area is 171 Å². The number of nitrogens with zero attached hydrogens (tertiary/aromatic N) is 1. The Kier molecular flexibility index (Phi) is 6.89. The molecule has 0 aromatic heterocycles. The van der Waals surface area contributed by atoms with E-state index in [2.05, 4.69) is 5.32 Å². The molecular weight excluding hydrogens is 392 g/mol. The van der Waals surface area contributed by atoms with E-state index in [1.165, 1.54) is 10.4 Å². The van der Waals surface area contributed by atoms with E-state index in [4.69, 9.17) is 9.47 Å². The molecule has 1 aliphatic heterocycles. The van der Waals surface area contributed by atoms with Gasteiger partial charge in [0.05, 0.1) is 24.7 Å². The fourth-order valence-corrected chi connectivity index (χ4v) is 4.80. The quantitative estimate of drug-likeness (QED) is 0.746. The average molecular weight is 419 g/mol. The van der Waals surface area contributed by atoms with Gasteiger partial charge in [0.2, 0.25) is 10.0 Å². The SMILES string of the molecule is CCOc1cccc(CNC(=O)c2ccc(C)c(S(=O)(=O)N3CCOCC3)c2)c1. The first-order valence-electron chi connectivity index (χ1n) is 9.60. The maximum Gasteiger partial charge on any atom is 0.251 e. The van der Waals surface area contributed by atoms with Gasteiger partial charge >= 0.3 is 0 Å². The van der Waals surface area contributed by atoms with Crippen LogP contribution in [0, 0.1) is 6.92 Å². The predicted octanol–water partition coefficient (Wildman–Crippen LogP) is 2.34. The molecule has 2 aromatic carbocycles. The summed E-state index contributed by atoms with van der Waals surface area (Å²) in [6.45, 7) is 5.91. The van der Waals surface area contributed by atoms with Crippen molar-refractivity contribution in [3.05, 3.63) is 59.2 Å². The molecule has 0 saturated carbocycles. The molecule has 29 heavy (non-hydrogen) atoms. The van der Waals surface area contributed by atoms with Gasteiger partial charge in [0.15, 0.2) is 0 Å². The Hall–Kier alpha value is -2.42. The summed E-state index contributed by atoms with van der Waals surface area (Å²) >= 11 is 0. The maximum atomic E-state index is 13.0. The van der Waals surface area contributed by atoms with Gasteiger partial charge < -0.3 is 14.8 Å². The predicted molar refractivity (Wildman–Crippen MR) is 110 cm³/mol. The number of aryl methyl sites for hydroxylation is 1. The van der Waals surface area contributed by atoms with Crippen molar-refractivity contribution in [1.29, 1.82) is 0 Å². The number of carbonyl (C=O) groups excluding carboxylic acids is 1. The molecule has 1 N–H and O–H groups in total. The maximum absolute atomic E-state index is 13.0. The second kappa shape index (κ2) is 9.39. The van der Waals surface area contributed by atoms with Crippen LogP contribution < -0.4 is 10.1 Å². The van der Waals surface area contributed by atoms with E-state index in [9.17, 15) is 13.2 Å². The van der Waals surface area contributed by atoms with Crippen LogP contribution in [0.15, 0.2) is 47.4 Å². The summed E-state index contributed by atoms with van der Waals surface area (Å²) in [6, 6.07) is 12.2. The third-order valence-corrected chi connectivity index (χ3v) is 6.74. The molecule has 8 heteroatoms. The first-order valence-corrected chi connectivity index (χ1v) is 11.0. The van der Waals surface area contributed by atoms with Gasteiger partial charge in [-0.2, -0.15) is 4.31 Å². The molecule has 0 atom stereocenters. The fourth-order valence-electron chi connectivity index (χ4n) is 3.14. The number of amides is 1. The van der Waals surface area contributed by atoms with Crippen molar-refractivity contribution < 1.29 is 22.7 Å². The van der Waals surface area contributed by atoms with Gasteiger partial charge in [0.25, 0.3) is 5.91 Å². The smallest absolute Gasteiger partial charge is 0.251 e. The normalized spacial score (nSPS) is 15.1. The summed E-state index contributed by atoms with van der Waals surface area (Å²) in [7, 11) is -3.67. The number of carbonyl (C=O) groups is 1. The molecule has 1 heterocycles. The monoisotopic (exact) mass is 418 g/mol. The van der Waals surface area contributed by atoms with Crippen LogP contribution in [0.1, 0.15) is 28.4 Å². The molecule has 1 fully saturated rings. The van der Waals surface area contributed by atoms with Crippen molar-refractivity contribution in [2.24, 2.45) is 0 Å². The number of nitrogens with one attached hydrogen (secondary N) is 1. The first-order chi connectivity index (χ1) is 13.9. The molecule has 0 spiro atoms. The van der Waals surface area contributed by atoms with Gasteiger partial charge in [-0.05, 0) is 49.2 Å². The van der Waals surface area contributed by atoms with Crippen LogP contribution in [0.2, 0.25) is 0 Å². The summed E-state index contributed by atoms with van der Waals surface area (Å²) < 4.78 is 38.1. The lowest BCUT2D eigenvalue weighted by atomic mass is 10.1. The first kappa shape index (κ1) is 21.3. The second-order valence-corrected chi connectivity index (χ2v) is 8.67. The molecule has 0 radical (unpaired) electrons. The molecule has 0 bridgehead atoms. The lowest BCUT2D eigenvalue weighted by molar-refractivity contribution is 0.0730. The molecule has 2 aromatic rings. The van der Waals surface area contributed by atoms with Crippen LogP contribution in [0.3, 0.4) is 0 Å². The van der Waals surface area contributed by atoms with Crippen molar-refractivity contribution in [3.8, 4) is 5.75 Å². The van der Waals surface area contributed by atoms with E-state index in [1.807, 2.05) is 31.2 Å². The van der Waals surface area contributed by atoms with Crippen LogP contribution >= 0.6 is 0 Å². The van der Waals surface area contributed by atoms with Gasteiger partial charge in [-0.15, -0.1) is 0 Å². The topological polar surface area (TPSA) is 84.9 Å². The Morgan fingerprint density at radius 2 is 1.93 bits per heavy atom. The van der Waals surface area contributed by atoms with E-state index < -0.39 is 10.0 Å². The lowest BCUT2D eigenvalue weighted by Crippen LogP contribution is -2.41. The molecule has 156 valence electrons. The van der Waals surface area contributed by atoms with Gasteiger partial charge in [-0.1, -0.05) is 18.2 Å². The molecule has 3 rings (SSSR count). The second-order valence-electron chi connectivity index (χ2n) is 6.76. The highest BCUT2D eigenvalue weighted by molar-refractivity contribution is 7.89. The van der Waals surface area contributed by atoms with E-state index in [0.29, 0.717) is 50.6 Å². The highest BCUT2D eigenvalue weighted by atomic mass is 32.2. The van der Waals surface area contributed by atoms with Crippen molar-refractivity contribution in [2.75, 3.05) is 32.9 Å². The van der Waals surface area contributed by atoms with Crippen molar-refractivity contribution in [2.45, 2.75) is 25.3 Å². The minimum absolute atomic E-state index is 0.158. The van der Waals surface area contributed by atoms with Crippen LogP contribution in [0.25, 0.3) is 0 Å². The Morgan fingerprint density at radius 1 is 1.17 bits per heavy atom. The summed E-state index contributed by atoms with van der Waals surface area (Å²) in [5.41, 5.74) is 1.82. The number of benzene rings is 2. The van der Waals surface area contributed by atoms with Gasteiger partial charge in [0, 0.05) is 25.2 Å². The number of sulfonamides is 1. The van der Waals surface area contributed by atoms with Gasteiger partial charge in [-0.25, -0.2) is 8.42 Å². The van der Waals surface area contributed by atoms with E-state index in [-0.39, 0.29) is 10.8 Å². The number of morpholine rings is 1. The molecule has 1 amide bonds. The van der Waals surface area contributed by atoms with Crippen LogP contribution in [-0.4, -0.2) is 51.5 Å². The molecular formula is C21H26N2O5S. The third kappa shape index (κ3) is 5.14. The third-order valence-electron chi connectivity index (χ3n) is 4.70. The molecule has 7 nitrogen and oxygen atoms in total. The highest BCUT2D eigenvalue weighted by Gasteiger charge is 2.28. The Balaban J connectivity index is 1.75.